The number of anilines is 2. The van der Waals surface area contributed by atoms with Crippen molar-refractivity contribution < 1.29 is 4.79 Å². The molecular weight excluding hydrogens is 380 g/mol. The third kappa shape index (κ3) is 5.28. The molecule has 1 aromatic heterocycles. The first-order chi connectivity index (χ1) is 12.9. The number of aryl methyl sites for hydroxylation is 2. The van der Waals surface area contributed by atoms with Gasteiger partial charge in [0.1, 0.15) is 5.82 Å². The summed E-state index contributed by atoms with van der Waals surface area (Å²) in [6.07, 6.45) is 0.635. The second-order valence-electron chi connectivity index (χ2n) is 6.50. The topological polar surface area (TPSA) is 58.1 Å². The highest BCUT2D eigenvalue weighted by molar-refractivity contribution is 7.09. The third-order valence-corrected chi connectivity index (χ3v) is 5.35. The second kappa shape index (κ2) is 8.50. The molecular formula is C20H21ClN4OS. The molecule has 0 saturated carbocycles. The van der Waals surface area contributed by atoms with Crippen LogP contribution < -0.4 is 10.2 Å². The summed E-state index contributed by atoms with van der Waals surface area (Å²) < 4.78 is 4.39. The fourth-order valence-corrected chi connectivity index (χ4v) is 3.33. The number of carbonyl (C=O) groups is 1. The number of halogens is 1. The zero-order valence-electron chi connectivity index (χ0n) is 15.5. The molecule has 140 valence electrons. The Kier molecular flexibility index (Phi) is 6.08. The van der Waals surface area contributed by atoms with Crippen LogP contribution in [-0.2, 0) is 11.2 Å². The summed E-state index contributed by atoms with van der Waals surface area (Å²) in [5.41, 5.74) is 4.25. The van der Waals surface area contributed by atoms with E-state index in [2.05, 4.69) is 14.7 Å². The highest BCUT2D eigenvalue weighted by Crippen LogP contribution is 2.19. The molecule has 0 aliphatic rings. The maximum atomic E-state index is 12.3. The van der Waals surface area contributed by atoms with Crippen molar-refractivity contribution >= 4 is 39.9 Å². The summed E-state index contributed by atoms with van der Waals surface area (Å²) in [7, 11) is 1.84. The van der Waals surface area contributed by atoms with Gasteiger partial charge in [0.25, 0.3) is 0 Å². The number of hydrogen-bond donors (Lipinski definition) is 1. The minimum absolute atomic E-state index is 0.0878. The fraction of sp³-hybridized carbons (Fsp3) is 0.250. The average molecular weight is 401 g/mol. The predicted molar refractivity (Wildman–Crippen MR) is 112 cm³/mol. The Hall–Kier alpha value is -2.44. The first-order valence-electron chi connectivity index (χ1n) is 8.56. The summed E-state index contributed by atoms with van der Waals surface area (Å²) in [4.78, 5) is 18.7. The lowest BCUT2D eigenvalue weighted by Crippen LogP contribution is -2.30. The molecule has 3 aromatic rings. The molecule has 7 heteroatoms. The molecule has 0 unspecified atom stereocenters. The first kappa shape index (κ1) is 19.3. The van der Waals surface area contributed by atoms with Gasteiger partial charge in [-0.2, -0.15) is 4.37 Å². The van der Waals surface area contributed by atoms with Crippen molar-refractivity contribution in [3.05, 3.63) is 70.0 Å². The summed E-state index contributed by atoms with van der Waals surface area (Å²) in [6.45, 7) is 4.29. The lowest BCUT2D eigenvalue weighted by atomic mass is 10.1. The number of aromatic nitrogens is 2. The molecule has 1 amide bonds. The Labute approximate surface area is 168 Å². The van der Waals surface area contributed by atoms with Crippen molar-refractivity contribution in [2.45, 2.75) is 20.3 Å². The van der Waals surface area contributed by atoms with E-state index in [9.17, 15) is 4.79 Å². The molecule has 0 aliphatic carbocycles. The van der Waals surface area contributed by atoms with E-state index in [1.807, 2.05) is 63.4 Å². The van der Waals surface area contributed by atoms with E-state index in [0.717, 1.165) is 22.6 Å². The molecule has 1 N–H and O–H groups in total. The number of benzene rings is 2. The number of nitrogens with one attached hydrogen (secondary N) is 1. The van der Waals surface area contributed by atoms with Crippen LogP contribution in [0.3, 0.4) is 0 Å². The molecule has 0 radical (unpaired) electrons. The summed E-state index contributed by atoms with van der Waals surface area (Å²) in [5.74, 6) is 0.647. The molecule has 0 atom stereocenters. The van der Waals surface area contributed by atoms with Crippen molar-refractivity contribution in [3.8, 4) is 0 Å². The lowest BCUT2D eigenvalue weighted by Gasteiger charge is -2.15. The van der Waals surface area contributed by atoms with Gasteiger partial charge in [-0.25, -0.2) is 4.98 Å². The van der Waals surface area contributed by atoms with Gasteiger partial charge >= 0.3 is 0 Å². The normalized spacial score (nSPS) is 10.7. The van der Waals surface area contributed by atoms with Crippen molar-refractivity contribution in [1.29, 1.82) is 0 Å². The first-order valence-corrected chi connectivity index (χ1v) is 9.71. The van der Waals surface area contributed by atoms with Crippen molar-refractivity contribution in [2.75, 3.05) is 23.8 Å². The second-order valence-corrected chi connectivity index (χ2v) is 7.67. The average Bonchev–Trinajstić information content (AvgIpc) is 3.09. The zero-order chi connectivity index (χ0) is 19.4. The minimum atomic E-state index is -0.0878. The van der Waals surface area contributed by atoms with Crippen LogP contribution in [0.2, 0.25) is 5.02 Å². The standard InChI is InChI=1S/C20H21ClN4OS/c1-13-4-9-17(10-14(13)2)22-19(26)12-25(3)20-23-18(24-27-20)11-15-5-7-16(21)8-6-15/h4-10H,11-12H2,1-3H3,(H,22,26). The van der Waals surface area contributed by atoms with Crippen LogP contribution in [0.1, 0.15) is 22.5 Å². The van der Waals surface area contributed by atoms with Crippen LogP contribution >= 0.6 is 23.1 Å². The Balaban J connectivity index is 1.58. The van der Waals surface area contributed by atoms with E-state index in [-0.39, 0.29) is 12.5 Å². The highest BCUT2D eigenvalue weighted by atomic mass is 35.5. The fourth-order valence-electron chi connectivity index (χ4n) is 2.56. The van der Waals surface area contributed by atoms with Gasteiger partial charge < -0.3 is 10.2 Å². The molecule has 0 fully saturated rings. The van der Waals surface area contributed by atoms with Gasteiger partial charge in [-0.1, -0.05) is 29.8 Å². The van der Waals surface area contributed by atoms with Gasteiger partial charge in [-0.3, -0.25) is 4.79 Å². The quantitative estimate of drug-likeness (QED) is 0.663. The largest absolute Gasteiger partial charge is 0.341 e. The summed E-state index contributed by atoms with van der Waals surface area (Å²) >= 11 is 7.20. The van der Waals surface area contributed by atoms with Crippen LogP contribution in [0.4, 0.5) is 10.8 Å². The monoisotopic (exact) mass is 400 g/mol. The molecule has 0 spiro atoms. The summed E-state index contributed by atoms with van der Waals surface area (Å²) in [5, 5.41) is 4.35. The molecule has 1 heterocycles. The van der Waals surface area contributed by atoms with Crippen LogP contribution in [0.25, 0.3) is 0 Å². The van der Waals surface area contributed by atoms with Crippen LogP contribution in [-0.4, -0.2) is 28.9 Å². The number of likely N-dealkylation sites (N-methyl/N-ethyl adjacent to an activating group) is 1. The number of nitrogens with zero attached hydrogens (tertiary/aromatic N) is 3. The summed E-state index contributed by atoms with van der Waals surface area (Å²) in [6, 6.07) is 13.5. The smallest absolute Gasteiger partial charge is 0.243 e. The third-order valence-electron chi connectivity index (χ3n) is 4.23. The van der Waals surface area contributed by atoms with E-state index in [1.54, 1.807) is 4.90 Å². The molecule has 3 rings (SSSR count). The van der Waals surface area contributed by atoms with Gasteiger partial charge in [0.15, 0.2) is 0 Å². The van der Waals surface area contributed by atoms with Gasteiger partial charge in [-0.15, -0.1) is 0 Å². The minimum Gasteiger partial charge on any atom is -0.341 e. The molecule has 0 aliphatic heterocycles. The van der Waals surface area contributed by atoms with Crippen molar-refractivity contribution in [3.63, 3.8) is 0 Å². The molecule has 0 bridgehead atoms. The van der Waals surface area contributed by atoms with Crippen LogP contribution in [0.5, 0.6) is 0 Å². The molecule has 0 saturated heterocycles. The number of hydrogen-bond acceptors (Lipinski definition) is 5. The van der Waals surface area contributed by atoms with Crippen LogP contribution in [0.15, 0.2) is 42.5 Å². The molecule has 5 nitrogen and oxygen atoms in total. The maximum absolute atomic E-state index is 12.3. The Morgan fingerprint density at radius 1 is 1.15 bits per heavy atom. The van der Waals surface area contributed by atoms with E-state index in [4.69, 9.17) is 11.6 Å². The van der Waals surface area contributed by atoms with E-state index in [0.29, 0.717) is 16.6 Å². The Morgan fingerprint density at radius 2 is 1.89 bits per heavy atom. The maximum Gasteiger partial charge on any atom is 0.243 e. The Bertz CT molecular complexity index is 939. The predicted octanol–water partition coefficient (Wildman–Crippen LogP) is 4.47. The van der Waals surface area contributed by atoms with Crippen molar-refractivity contribution in [2.24, 2.45) is 0 Å². The van der Waals surface area contributed by atoms with E-state index < -0.39 is 0 Å². The van der Waals surface area contributed by atoms with Crippen LogP contribution in [0, 0.1) is 13.8 Å². The van der Waals surface area contributed by atoms with E-state index in [1.165, 1.54) is 17.1 Å². The molecule has 27 heavy (non-hydrogen) atoms. The van der Waals surface area contributed by atoms with Gasteiger partial charge in [0, 0.05) is 35.7 Å². The number of rotatable bonds is 6. The molecule has 2 aromatic carbocycles. The SMILES string of the molecule is Cc1ccc(NC(=O)CN(C)c2nc(Cc3ccc(Cl)cc3)ns2)cc1C. The number of amides is 1. The van der Waals surface area contributed by atoms with Crippen molar-refractivity contribution in [1.82, 2.24) is 9.36 Å². The van der Waals surface area contributed by atoms with E-state index >= 15 is 0 Å². The van der Waals surface area contributed by atoms with Gasteiger partial charge in [0.05, 0.1) is 6.54 Å². The number of carbonyl (C=O) groups excluding carboxylic acids is 1. The lowest BCUT2D eigenvalue weighted by molar-refractivity contribution is -0.114. The zero-order valence-corrected chi connectivity index (χ0v) is 17.1. The Morgan fingerprint density at radius 3 is 2.59 bits per heavy atom. The van der Waals surface area contributed by atoms with Gasteiger partial charge in [0.2, 0.25) is 11.0 Å². The van der Waals surface area contributed by atoms with Gasteiger partial charge in [-0.05, 0) is 54.8 Å². The highest BCUT2D eigenvalue weighted by Gasteiger charge is 2.13.